The summed E-state index contributed by atoms with van der Waals surface area (Å²) in [7, 11) is 0. The molecule has 0 unspecified atom stereocenters. The van der Waals surface area contributed by atoms with Gasteiger partial charge in [-0.15, -0.1) is 0 Å². The second-order valence-corrected chi connectivity index (χ2v) is 4.67. The Labute approximate surface area is 130 Å². The van der Waals surface area contributed by atoms with Gasteiger partial charge in [0.15, 0.2) is 5.78 Å². The van der Waals surface area contributed by atoms with E-state index in [1.54, 1.807) is 18.2 Å². The second-order valence-electron chi connectivity index (χ2n) is 4.67. The molecule has 0 aromatic heterocycles. The van der Waals surface area contributed by atoms with E-state index in [1.165, 1.54) is 12.1 Å². The van der Waals surface area contributed by atoms with Crippen LogP contribution in [0.1, 0.15) is 22.8 Å². The molecule has 0 aliphatic carbocycles. The Hall–Kier alpha value is -2.81. The van der Waals surface area contributed by atoms with Crippen molar-refractivity contribution in [1.29, 1.82) is 0 Å². The van der Waals surface area contributed by atoms with E-state index >= 15 is 0 Å². The van der Waals surface area contributed by atoms with Gasteiger partial charge in [-0.2, -0.15) is 0 Å². The molecular weight excluding hydrogens is 276 g/mol. The molecule has 0 saturated carbocycles. The van der Waals surface area contributed by atoms with Gasteiger partial charge in [-0.05, 0) is 30.7 Å². The van der Waals surface area contributed by atoms with Crippen LogP contribution in [0, 0.1) is 0 Å². The van der Waals surface area contributed by atoms with Crippen LogP contribution in [0.5, 0.6) is 11.5 Å². The zero-order valence-corrected chi connectivity index (χ0v) is 12.4. The minimum absolute atomic E-state index is 0.0827. The lowest BCUT2D eigenvalue weighted by Gasteiger charge is -2.06. The largest absolute Gasteiger partial charge is 0.507 e. The van der Waals surface area contributed by atoms with E-state index < -0.39 is 0 Å². The van der Waals surface area contributed by atoms with Crippen molar-refractivity contribution in [3.05, 3.63) is 77.9 Å². The molecule has 0 bridgehead atoms. The quantitative estimate of drug-likeness (QED) is 0.492. The van der Waals surface area contributed by atoms with E-state index in [0.29, 0.717) is 12.4 Å². The van der Waals surface area contributed by atoms with E-state index in [0.717, 1.165) is 5.56 Å². The molecular formula is C19H18O3. The van der Waals surface area contributed by atoms with Crippen LogP contribution in [0.4, 0.5) is 0 Å². The molecule has 2 rings (SSSR count). The number of ketones is 1. The van der Waals surface area contributed by atoms with Gasteiger partial charge in [0.2, 0.25) is 0 Å². The van der Waals surface area contributed by atoms with Crippen molar-refractivity contribution in [2.45, 2.75) is 6.92 Å². The van der Waals surface area contributed by atoms with Crippen LogP contribution in [-0.4, -0.2) is 17.5 Å². The highest BCUT2D eigenvalue weighted by molar-refractivity contribution is 6.08. The summed E-state index contributed by atoms with van der Waals surface area (Å²) >= 11 is 0. The summed E-state index contributed by atoms with van der Waals surface area (Å²) in [5.41, 5.74) is 1.19. The van der Waals surface area contributed by atoms with Gasteiger partial charge < -0.3 is 9.84 Å². The van der Waals surface area contributed by atoms with Crippen LogP contribution >= 0.6 is 0 Å². The van der Waals surface area contributed by atoms with Crippen molar-refractivity contribution in [1.82, 2.24) is 0 Å². The Kier molecular flexibility index (Phi) is 5.55. The number of allylic oxidation sites excluding steroid dienone is 2. The summed E-state index contributed by atoms with van der Waals surface area (Å²) in [6.07, 6.45) is 6.91. The number of carbonyl (C=O) groups is 1. The van der Waals surface area contributed by atoms with Gasteiger partial charge >= 0.3 is 0 Å². The van der Waals surface area contributed by atoms with E-state index in [2.05, 4.69) is 0 Å². The Morgan fingerprint density at radius 3 is 2.64 bits per heavy atom. The maximum absolute atomic E-state index is 12.1. The Bertz CT molecular complexity index is 685. The van der Waals surface area contributed by atoms with Gasteiger partial charge in [-0.3, -0.25) is 4.79 Å². The summed E-state index contributed by atoms with van der Waals surface area (Å²) < 4.78 is 5.42. The van der Waals surface area contributed by atoms with Crippen molar-refractivity contribution in [2.24, 2.45) is 0 Å². The number of benzene rings is 2. The van der Waals surface area contributed by atoms with Gasteiger partial charge in [0, 0.05) is 6.07 Å². The summed E-state index contributed by atoms with van der Waals surface area (Å²) in [4.78, 5) is 12.1. The van der Waals surface area contributed by atoms with Gasteiger partial charge in [-0.25, -0.2) is 0 Å². The normalized spacial score (nSPS) is 11.1. The highest BCUT2D eigenvalue weighted by Gasteiger charge is 2.09. The molecule has 3 heteroatoms. The zero-order chi connectivity index (χ0) is 15.8. The van der Waals surface area contributed by atoms with Crippen LogP contribution in [0.3, 0.4) is 0 Å². The van der Waals surface area contributed by atoms with Crippen molar-refractivity contribution in [2.75, 3.05) is 6.61 Å². The molecule has 1 N–H and O–H groups in total. The summed E-state index contributed by atoms with van der Waals surface area (Å²) in [6.45, 7) is 2.33. The first-order chi connectivity index (χ1) is 10.7. The molecule has 2 aromatic carbocycles. The van der Waals surface area contributed by atoms with Gasteiger partial charge in [0.05, 0.1) is 5.56 Å². The number of phenolic OH excluding ortho intramolecular Hbond substituents is 1. The highest BCUT2D eigenvalue weighted by atomic mass is 16.5. The maximum Gasteiger partial charge on any atom is 0.189 e. The third-order valence-corrected chi connectivity index (χ3v) is 3.04. The Balaban J connectivity index is 2.08. The Morgan fingerprint density at radius 1 is 1.18 bits per heavy atom. The molecule has 2 aromatic rings. The molecule has 0 fully saturated rings. The predicted molar refractivity (Wildman–Crippen MR) is 88.2 cm³/mol. The fraction of sp³-hybridized carbons (Fsp3) is 0.105. The number of hydrogen-bond acceptors (Lipinski definition) is 3. The highest BCUT2D eigenvalue weighted by Crippen LogP contribution is 2.24. The lowest BCUT2D eigenvalue weighted by Crippen LogP contribution is -1.97. The smallest absolute Gasteiger partial charge is 0.189 e. The van der Waals surface area contributed by atoms with Gasteiger partial charge in [0.25, 0.3) is 0 Å². The van der Waals surface area contributed by atoms with E-state index in [4.69, 9.17) is 4.74 Å². The first-order valence-corrected chi connectivity index (χ1v) is 7.05. The molecule has 0 radical (unpaired) electrons. The average Bonchev–Trinajstić information content (AvgIpc) is 2.54. The molecule has 0 saturated heterocycles. The second kappa shape index (κ2) is 7.84. The number of ether oxygens (including phenoxy) is 1. The minimum atomic E-state index is -0.249. The van der Waals surface area contributed by atoms with E-state index in [9.17, 15) is 9.90 Å². The third-order valence-electron chi connectivity index (χ3n) is 3.04. The van der Waals surface area contributed by atoms with Crippen LogP contribution < -0.4 is 4.74 Å². The monoisotopic (exact) mass is 294 g/mol. The van der Waals surface area contributed by atoms with Gasteiger partial charge in [0.1, 0.15) is 18.1 Å². The molecule has 3 nitrogen and oxygen atoms in total. The average molecular weight is 294 g/mol. The number of phenols is 1. The van der Waals surface area contributed by atoms with Crippen LogP contribution in [0.15, 0.2) is 66.8 Å². The number of rotatable bonds is 6. The molecule has 0 aliphatic rings. The predicted octanol–water partition coefficient (Wildman–Crippen LogP) is 4.24. The summed E-state index contributed by atoms with van der Waals surface area (Å²) in [5, 5.41) is 9.96. The Morgan fingerprint density at radius 2 is 1.95 bits per heavy atom. The van der Waals surface area contributed by atoms with Crippen molar-refractivity contribution < 1.29 is 14.6 Å². The fourth-order valence-corrected chi connectivity index (χ4v) is 1.88. The first kappa shape index (κ1) is 15.6. The summed E-state index contributed by atoms with van der Waals surface area (Å²) in [5.74, 6) is 0.196. The third kappa shape index (κ3) is 4.35. The lowest BCUT2D eigenvalue weighted by atomic mass is 10.1. The molecule has 0 aliphatic heterocycles. The molecule has 112 valence electrons. The van der Waals surface area contributed by atoms with Crippen molar-refractivity contribution in [3.8, 4) is 11.5 Å². The van der Waals surface area contributed by atoms with Crippen LogP contribution in [0.25, 0.3) is 6.08 Å². The number of hydrogen-bond donors (Lipinski definition) is 1. The molecule has 0 spiro atoms. The molecule has 22 heavy (non-hydrogen) atoms. The van der Waals surface area contributed by atoms with Crippen LogP contribution in [-0.2, 0) is 0 Å². The van der Waals surface area contributed by atoms with E-state index in [-0.39, 0.29) is 17.1 Å². The minimum Gasteiger partial charge on any atom is -0.507 e. The van der Waals surface area contributed by atoms with Crippen molar-refractivity contribution in [3.63, 3.8) is 0 Å². The van der Waals surface area contributed by atoms with Crippen molar-refractivity contribution >= 4 is 11.9 Å². The maximum atomic E-state index is 12.1. The van der Waals surface area contributed by atoms with Gasteiger partial charge in [-0.1, -0.05) is 48.6 Å². The lowest BCUT2D eigenvalue weighted by molar-refractivity contribution is 0.104. The fourth-order valence-electron chi connectivity index (χ4n) is 1.88. The van der Waals surface area contributed by atoms with E-state index in [1.807, 2.05) is 49.4 Å². The van der Waals surface area contributed by atoms with Crippen LogP contribution in [0.2, 0.25) is 0 Å². The zero-order valence-electron chi connectivity index (χ0n) is 12.4. The SMILES string of the molecule is C/C=C/COc1ccc(C(=O)/C=C/c2ccccc2)c(O)c1. The summed E-state index contributed by atoms with van der Waals surface area (Å²) in [6, 6.07) is 14.2. The molecule has 0 amide bonds. The molecule has 0 heterocycles. The standard InChI is InChI=1S/C19H18O3/c1-2-3-13-22-16-10-11-17(19(21)14-16)18(20)12-9-15-7-5-4-6-8-15/h2-12,14,21H,13H2,1H3/b3-2+,12-9+. The topological polar surface area (TPSA) is 46.5 Å². The first-order valence-electron chi connectivity index (χ1n) is 7.05. The number of carbonyl (C=O) groups excluding carboxylic acids is 1. The molecule has 0 atom stereocenters. The number of aromatic hydroxyl groups is 1.